The predicted octanol–water partition coefficient (Wildman–Crippen LogP) is 2.43. The summed E-state index contributed by atoms with van der Waals surface area (Å²) in [5.41, 5.74) is -0.888. The van der Waals surface area contributed by atoms with Gasteiger partial charge in [0.25, 0.3) is 0 Å². The van der Waals surface area contributed by atoms with E-state index in [2.05, 4.69) is 0 Å². The fourth-order valence-corrected chi connectivity index (χ4v) is 7.12. The summed E-state index contributed by atoms with van der Waals surface area (Å²) in [6.07, 6.45) is 0.422. The molecule has 2 unspecified atom stereocenters. The van der Waals surface area contributed by atoms with Gasteiger partial charge in [0.1, 0.15) is 15.5 Å². The first-order valence-corrected chi connectivity index (χ1v) is 14.3. The highest BCUT2D eigenvalue weighted by atomic mass is 35.5. The van der Waals surface area contributed by atoms with Crippen molar-refractivity contribution >= 4 is 66.4 Å². The third-order valence-electron chi connectivity index (χ3n) is 6.34. The molecule has 2 saturated heterocycles. The number of amides is 2. The lowest BCUT2D eigenvalue weighted by molar-refractivity contribution is -0.120. The van der Waals surface area contributed by atoms with Gasteiger partial charge in [-0.2, -0.15) is 0 Å². The summed E-state index contributed by atoms with van der Waals surface area (Å²) in [4.78, 5) is 28.8. The fourth-order valence-electron chi connectivity index (χ4n) is 4.99. The normalized spacial score (nSPS) is 25.2. The van der Waals surface area contributed by atoms with Gasteiger partial charge in [-0.05, 0) is 36.4 Å². The average Bonchev–Trinajstić information content (AvgIpc) is 3.12. The zero-order valence-electron chi connectivity index (χ0n) is 18.6. The van der Waals surface area contributed by atoms with Crippen LogP contribution in [0.1, 0.15) is 26.7 Å². The summed E-state index contributed by atoms with van der Waals surface area (Å²) >= 11 is 12.1. The first kappa shape index (κ1) is 25.9. The minimum atomic E-state index is -4.21. The van der Waals surface area contributed by atoms with Crippen molar-refractivity contribution in [2.24, 2.45) is 22.1 Å². The molecule has 0 saturated carbocycles. The second kappa shape index (κ2) is 8.43. The molecule has 2 fully saturated rings. The molecule has 188 valence electrons. The molecule has 2 aromatic carbocycles. The number of sulfonamides is 2. The number of rotatable bonds is 4. The lowest BCUT2D eigenvalue weighted by Gasteiger charge is -2.42. The molecular weight excluding hydrogens is 539 g/mol. The van der Waals surface area contributed by atoms with E-state index in [1.54, 1.807) is 13.8 Å². The van der Waals surface area contributed by atoms with Crippen LogP contribution in [0.15, 0.2) is 46.2 Å². The second-order valence-electron chi connectivity index (χ2n) is 8.86. The van der Waals surface area contributed by atoms with E-state index in [-0.39, 0.29) is 55.9 Å². The number of nitrogens with zero attached hydrogens (tertiary/aromatic N) is 2. The van der Waals surface area contributed by atoms with Crippen molar-refractivity contribution in [1.29, 1.82) is 0 Å². The van der Waals surface area contributed by atoms with Crippen LogP contribution in [0, 0.1) is 11.8 Å². The van der Waals surface area contributed by atoms with Crippen molar-refractivity contribution in [3.05, 3.63) is 46.4 Å². The molecule has 0 radical (unpaired) electrons. The van der Waals surface area contributed by atoms with Gasteiger partial charge in [0.15, 0.2) is 0 Å². The van der Waals surface area contributed by atoms with Crippen LogP contribution in [0.5, 0.6) is 0 Å². The third-order valence-corrected chi connectivity index (χ3v) is 9.13. The second-order valence-corrected chi connectivity index (χ2v) is 12.7. The molecule has 4 N–H and O–H groups in total. The van der Waals surface area contributed by atoms with Gasteiger partial charge in [-0.3, -0.25) is 19.4 Å². The number of benzene rings is 2. The summed E-state index contributed by atoms with van der Waals surface area (Å²) in [6, 6.07) is 7.95. The van der Waals surface area contributed by atoms with Gasteiger partial charge in [-0.25, -0.2) is 27.1 Å². The maximum Gasteiger partial charge on any atom is 0.239 e. The Balaban J connectivity index is 1.96. The fraction of sp³-hybridized carbons (Fsp3) is 0.333. The highest BCUT2D eigenvalue weighted by molar-refractivity contribution is 7.89. The van der Waals surface area contributed by atoms with Crippen LogP contribution >= 0.6 is 23.2 Å². The van der Waals surface area contributed by atoms with E-state index in [0.717, 1.165) is 0 Å². The number of carbonyl (C=O) groups excluding carboxylic acids is 2. The van der Waals surface area contributed by atoms with Gasteiger partial charge < -0.3 is 0 Å². The molecule has 35 heavy (non-hydrogen) atoms. The van der Waals surface area contributed by atoms with E-state index in [4.69, 9.17) is 33.5 Å². The molecule has 0 aromatic heterocycles. The quantitative estimate of drug-likeness (QED) is 0.583. The van der Waals surface area contributed by atoms with E-state index in [9.17, 15) is 26.4 Å². The van der Waals surface area contributed by atoms with Crippen LogP contribution in [0.2, 0.25) is 10.0 Å². The Labute approximate surface area is 212 Å². The molecule has 2 aliphatic heterocycles. The zero-order chi connectivity index (χ0) is 26.1. The number of anilines is 2. The minimum absolute atomic E-state index is 0.117. The summed E-state index contributed by atoms with van der Waals surface area (Å²) in [7, 11) is -8.42. The van der Waals surface area contributed by atoms with Crippen molar-refractivity contribution in [1.82, 2.24) is 0 Å². The van der Waals surface area contributed by atoms with Crippen molar-refractivity contribution in [2.45, 2.75) is 42.1 Å². The Hall–Kier alpha value is -2.22. The predicted molar refractivity (Wildman–Crippen MR) is 131 cm³/mol. The molecule has 2 aromatic rings. The molecule has 4 rings (SSSR count). The van der Waals surface area contributed by atoms with Crippen LogP contribution in [-0.4, -0.2) is 34.3 Å². The maximum absolute atomic E-state index is 13.4. The molecule has 10 nitrogen and oxygen atoms in total. The highest BCUT2D eigenvalue weighted by Crippen LogP contribution is 2.51. The van der Waals surface area contributed by atoms with Crippen molar-refractivity contribution in [3.63, 3.8) is 0 Å². The Kier molecular flexibility index (Phi) is 6.23. The summed E-state index contributed by atoms with van der Waals surface area (Å²) in [5, 5.41) is 10.4. The van der Waals surface area contributed by atoms with E-state index < -0.39 is 37.5 Å². The van der Waals surface area contributed by atoms with Crippen LogP contribution in [-0.2, 0) is 29.6 Å². The molecule has 2 atom stereocenters. The van der Waals surface area contributed by atoms with Gasteiger partial charge in [0.2, 0.25) is 31.9 Å². The number of carbonyl (C=O) groups is 2. The van der Waals surface area contributed by atoms with Crippen molar-refractivity contribution in [3.8, 4) is 0 Å². The zero-order valence-corrected chi connectivity index (χ0v) is 21.7. The summed E-state index contributed by atoms with van der Waals surface area (Å²) in [5.74, 6) is -1.76. The van der Waals surface area contributed by atoms with Crippen LogP contribution in [0.3, 0.4) is 0 Å². The summed E-state index contributed by atoms with van der Waals surface area (Å²) < 4.78 is 48.3. The number of hydrogen-bond acceptors (Lipinski definition) is 6. The number of primary sulfonamides is 2. The van der Waals surface area contributed by atoms with Gasteiger partial charge in [0, 0.05) is 36.1 Å². The van der Waals surface area contributed by atoms with Gasteiger partial charge in [0.05, 0.1) is 10.0 Å². The highest BCUT2D eigenvalue weighted by Gasteiger charge is 2.60. The molecule has 1 spiro atoms. The van der Waals surface area contributed by atoms with Crippen LogP contribution < -0.4 is 20.1 Å². The number of hydrogen-bond donors (Lipinski definition) is 2. The first-order chi connectivity index (χ1) is 16.1. The average molecular weight is 561 g/mol. The Morgan fingerprint density at radius 1 is 0.771 bits per heavy atom. The number of nitrogens with two attached hydrogens (primary N) is 2. The topological polar surface area (TPSA) is 161 Å². The van der Waals surface area contributed by atoms with Crippen molar-refractivity contribution < 1.29 is 26.4 Å². The lowest BCUT2D eigenvalue weighted by Crippen LogP contribution is -2.56. The van der Waals surface area contributed by atoms with Gasteiger partial charge >= 0.3 is 0 Å². The molecule has 2 heterocycles. The van der Waals surface area contributed by atoms with E-state index in [1.165, 1.54) is 46.2 Å². The smallest absolute Gasteiger partial charge is 0.239 e. The Morgan fingerprint density at radius 3 is 1.43 bits per heavy atom. The molecular formula is C21H22Cl2N4O6S2. The Bertz CT molecular complexity index is 1370. The monoisotopic (exact) mass is 560 g/mol. The van der Waals surface area contributed by atoms with E-state index in [1.807, 2.05) is 0 Å². The Morgan fingerprint density at radius 2 is 1.11 bits per heavy atom. The third kappa shape index (κ3) is 4.21. The SMILES string of the molecule is CC1CC2(CC(C)C(=O)N2c2ccc(Cl)c(S(N)(=O)=O)c2)N(c2ccc(Cl)c(S(N)(=O)=O)c2)C1=O. The van der Waals surface area contributed by atoms with E-state index in [0.29, 0.717) is 0 Å². The number of halogens is 2. The molecule has 14 heteroatoms. The largest absolute Gasteiger partial charge is 0.288 e. The molecule has 2 aliphatic rings. The maximum atomic E-state index is 13.4. The molecule has 0 bridgehead atoms. The van der Waals surface area contributed by atoms with E-state index >= 15 is 0 Å². The van der Waals surface area contributed by atoms with Crippen LogP contribution in [0.25, 0.3) is 0 Å². The molecule has 2 amide bonds. The van der Waals surface area contributed by atoms with Gasteiger partial charge in [-0.15, -0.1) is 0 Å². The van der Waals surface area contributed by atoms with Crippen molar-refractivity contribution in [2.75, 3.05) is 9.80 Å². The lowest BCUT2D eigenvalue weighted by atomic mass is 9.95. The summed E-state index contributed by atoms with van der Waals surface area (Å²) in [6.45, 7) is 3.40. The minimum Gasteiger partial charge on any atom is -0.288 e. The standard InChI is InChI=1S/C21H22Cl2N4O6S2/c1-11-9-21(26(19(11)28)13-3-5-15(22)17(7-13)34(24,30)31)10-12(2)20(29)27(21)14-4-6-16(23)18(8-14)35(25,32)33/h3-8,11-12H,9-10H2,1-2H3,(H2,24,30,31)(H2,25,32,33). The molecule has 0 aliphatic carbocycles. The first-order valence-electron chi connectivity index (χ1n) is 10.4. The van der Waals surface area contributed by atoms with Crippen LogP contribution in [0.4, 0.5) is 11.4 Å². The van der Waals surface area contributed by atoms with Gasteiger partial charge in [-0.1, -0.05) is 37.0 Å².